The number of hydrogen-bond donors (Lipinski definition) is 2. The van der Waals surface area contributed by atoms with Crippen LogP contribution in [0.4, 0.5) is 0 Å². The van der Waals surface area contributed by atoms with Gasteiger partial charge in [-0.3, -0.25) is 0 Å². The molecule has 0 radical (unpaired) electrons. The predicted octanol–water partition coefficient (Wildman–Crippen LogP) is 0.177. The monoisotopic (exact) mass is 274 g/mol. The Morgan fingerprint density at radius 1 is 1.37 bits per heavy atom. The van der Waals surface area contributed by atoms with Crippen LogP contribution in [0.5, 0.6) is 0 Å². The molecule has 6 heteroatoms. The molecular weight excluding hydrogens is 252 g/mol. The zero-order chi connectivity index (χ0) is 14.0. The lowest BCUT2D eigenvalue weighted by atomic mass is 10.1. The van der Waals surface area contributed by atoms with Crippen molar-refractivity contribution >= 4 is 0 Å². The van der Waals surface area contributed by atoms with Crippen molar-refractivity contribution in [2.75, 3.05) is 13.2 Å². The highest BCUT2D eigenvalue weighted by Crippen LogP contribution is 2.39. The van der Waals surface area contributed by atoms with Crippen LogP contribution in [0.25, 0.3) is 0 Å². The van der Waals surface area contributed by atoms with Gasteiger partial charge < -0.3 is 29.2 Å². The summed E-state index contributed by atoms with van der Waals surface area (Å²) in [6, 6.07) is 0. The second kappa shape index (κ2) is 5.87. The predicted molar refractivity (Wildman–Crippen MR) is 66.3 cm³/mol. The molecule has 0 unspecified atom stereocenters. The number of aliphatic hydroxyl groups is 2. The van der Waals surface area contributed by atoms with Gasteiger partial charge in [0.05, 0.1) is 13.2 Å². The Morgan fingerprint density at radius 2 is 2.11 bits per heavy atom. The van der Waals surface area contributed by atoms with Gasteiger partial charge in [0.15, 0.2) is 12.1 Å². The standard InChI is InChI=1S/C13H22O6/c1-4-5-6-16-10-9(8(15)7-14)17-12-11(10)18-13(2,3)19-12/h4-5,8-12,14-15H,6-7H2,1-3H3/b5-4+/t8-,9-,10+,11-,12-/m1/s1. The maximum absolute atomic E-state index is 9.79. The van der Waals surface area contributed by atoms with E-state index in [1.54, 1.807) is 13.8 Å². The van der Waals surface area contributed by atoms with Crippen molar-refractivity contribution < 1.29 is 29.2 Å². The number of aliphatic hydroxyl groups excluding tert-OH is 2. The summed E-state index contributed by atoms with van der Waals surface area (Å²) < 4.78 is 22.7. The van der Waals surface area contributed by atoms with Crippen molar-refractivity contribution in [1.29, 1.82) is 0 Å². The molecule has 2 N–H and O–H groups in total. The quantitative estimate of drug-likeness (QED) is 0.696. The zero-order valence-electron chi connectivity index (χ0n) is 11.5. The molecule has 2 heterocycles. The zero-order valence-corrected chi connectivity index (χ0v) is 11.5. The Labute approximate surface area is 112 Å². The van der Waals surface area contributed by atoms with Gasteiger partial charge >= 0.3 is 0 Å². The average molecular weight is 274 g/mol. The van der Waals surface area contributed by atoms with Crippen LogP contribution in [-0.4, -0.2) is 59.9 Å². The fourth-order valence-corrected chi connectivity index (χ4v) is 2.37. The van der Waals surface area contributed by atoms with Gasteiger partial charge in [-0.15, -0.1) is 0 Å². The first-order valence-corrected chi connectivity index (χ1v) is 6.51. The average Bonchev–Trinajstić information content (AvgIpc) is 2.82. The molecule has 5 atom stereocenters. The number of ether oxygens (including phenoxy) is 4. The SMILES string of the molecule is C/C=C/CO[C@@H]1[C@H]2OC(C)(C)O[C@H]2O[C@@H]1[C@H](O)CO. The Kier molecular flexibility index (Phi) is 4.60. The lowest BCUT2D eigenvalue weighted by molar-refractivity contribution is -0.230. The lowest BCUT2D eigenvalue weighted by Crippen LogP contribution is -2.44. The highest BCUT2D eigenvalue weighted by atomic mass is 16.8. The molecule has 2 aliphatic heterocycles. The van der Waals surface area contributed by atoms with Gasteiger partial charge in [0.25, 0.3) is 0 Å². The number of hydrogen-bond acceptors (Lipinski definition) is 6. The van der Waals surface area contributed by atoms with Crippen LogP contribution < -0.4 is 0 Å². The minimum atomic E-state index is -1.02. The van der Waals surface area contributed by atoms with Gasteiger partial charge in [-0.2, -0.15) is 0 Å². The summed E-state index contributed by atoms with van der Waals surface area (Å²) in [7, 11) is 0. The van der Waals surface area contributed by atoms with Crippen molar-refractivity contribution in [2.24, 2.45) is 0 Å². The number of rotatable bonds is 5. The van der Waals surface area contributed by atoms with Crippen LogP contribution in [0.15, 0.2) is 12.2 Å². The minimum Gasteiger partial charge on any atom is -0.394 e. The summed E-state index contributed by atoms with van der Waals surface area (Å²) in [6.07, 6.45) is 0.628. The number of allylic oxidation sites excluding steroid dienone is 1. The summed E-state index contributed by atoms with van der Waals surface area (Å²) in [5, 5.41) is 18.9. The van der Waals surface area contributed by atoms with Gasteiger partial charge in [0, 0.05) is 0 Å². The van der Waals surface area contributed by atoms with E-state index in [4.69, 9.17) is 24.1 Å². The Morgan fingerprint density at radius 3 is 2.74 bits per heavy atom. The first kappa shape index (κ1) is 14.9. The second-order valence-corrected chi connectivity index (χ2v) is 5.19. The smallest absolute Gasteiger partial charge is 0.190 e. The molecule has 0 bridgehead atoms. The maximum Gasteiger partial charge on any atom is 0.190 e. The van der Waals surface area contributed by atoms with Crippen LogP contribution in [-0.2, 0) is 18.9 Å². The summed E-state index contributed by atoms with van der Waals surface area (Å²) in [5.74, 6) is -0.729. The molecule has 0 saturated carbocycles. The lowest BCUT2D eigenvalue weighted by Gasteiger charge is -2.27. The van der Waals surface area contributed by atoms with E-state index in [1.165, 1.54) is 0 Å². The first-order chi connectivity index (χ1) is 8.98. The van der Waals surface area contributed by atoms with Crippen LogP contribution in [0, 0.1) is 0 Å². The third kappa shape index (κ3) is 3.16. The maximum atomic E-state index is 9.79. The summed E-state index contributed by atoms with van der Waals surface area (Å²) in [6.45, 7) is 5.50. The second-order valence-electron chi connectivity index (χ2n) is 5.19. The van der Waals surface area contributed by atoms with E-state index in [1.807, 2.05) is 19.1 Å². The largest absolute Gasteiger partial charge is 0.394 e. The molecule has 19 heavy (non-hydrogen) atoms. The van der Waals surface area contributed by atoms with E-state index in [-0.39, 0.29) is 0 Å². The normalized spacial score (nSPS) is 38.8. The van der Waals surface area contributed by atoms with Crippen molar-refractivity contribution in [2.45, 2.75) is 57.3 Å². The van der Waals surface area contributed by atoms with Crippen molar-refractivity contribution in [3.8, 4) is 0 Å². The molecule has 2 saturated heterocycles. The molecule has 2 aliphatic rings. The Hall–Kier alpha value is -0.500. The van der Waals surface area contributed by atoms with Crippen LogP contribution in [0.3, 0.4) is 0 Å². The topological polar surface area (TPSA) is 77.4 Å². The summed E-state index contributed by atoms with van der Waals surface area (Å²) >= 11 is 0. The Bertz CT molecular complexity index is 329. The van der Waals surface area contributed by atoms with Gasteiger partial charge in [-0.25, -0.2) is 0 Å². The Balaban J connectivity index is 2.06. The molecule has 2 fully saturated rings. The van der Waals surface area contributed by atoms with Gasteiger partial charge in [0.1, 0.15) is 24.4 Å². The first-order valence-electron chi connectivity index (χ1n) is 6.51. The van der Waals surface area contributed by atoms with E-state index < -0.39 is 43.1 Å². The fourth-order valence-electron chi connectivity index (χ4n) is 2.37. The summed E-state index contributed by atoms with van der Waals surface area (Å²) in [4.78, 5) is 0. The van der Waals surface area contributed by atoms with E-state index in [2.05, 4.69) is 0 Å². The molecular formula is C13H22O6. The van der Waals surface area contributed by atoms with Crippen LogP contribution in [0.2, 0.25) is 0 Å². The third-order valence-electron chi connectivity index (χ3n) is 3.21. The van der Waals surface area contributed by atoms with E-state index in [0.717, 1.165) is 0 Å². The molecule has 0 aromatic rings. The van der Waals surface area contributed by atoms with Crippen molar-refractivity contribution in [3.63, 3.8) is 0 Å². The molecule has 110 valence electrons. The van der Waals surface area contributed by atoms with Crippen molar-refractivity contribution in [1.82, 2.24) is 0 Å². The van der Waals surface area contributed by atoms with Gasteiger partial charge in [-0.1, -0.05) is 12.2 Å². The number of fused-ring (bicyclic) bond motifs is 1. The summed E-state index contributed by atoms with van der Waals surface area (Å²) in [5.41, 5.74) is 0. The molecule has 2 rings (SSSR count). The minimum absolute atomic E-state index is 0.392. The highest BCUT2D eigenvalue weighted by Gasteiger charge is 2.56. The fraction of sp³-hybridized carbons (Fsp3) is 0.846. The van der Waals surface area contributed by atoms with Crippen molar-refractivity contribution in [3.05, 3.63) is 12.2 Å². The van der Waals surface area contributed by atoms with Gasteiger partial charge in [0.2, 0.25) is 0 Å². The van der Waals surface area contributed by atoms with E-state index in [9.17, 15) is 5.11 Å². The van der Waals surface area contributed by atoms with Crippen LogP contribution >= 0.6 is 0 Å². The van der Waals surface area contributed by atoms with E-state index in [0.29, 0.717) is 6.61 Å². The molecule has 0 aromatic carbocycles. The van der Waals surface area contributed by atoms with Crippen LogP contribution in [0.1, 0.15) is 20.8 Å². The molecule has 0 spiro atoms. The third-order valence-corrected chi connectivity index (χ3v) is 3.21. The molecule has 6 nitrogen and oxygen atoms in total. The highest BCUT2D eigenvalue weighted by molar-refractivity contribution is 4.97. The van der Waals surface area contributed by atoms with E-state index >= 15 is 0 Å². The van der Waals surface area contributed by atoms with Gasteiger partial charge in [-0.05, 0) is 20.8 Å². The molecule has 0 aromatic heterocycles. The molecule has 0 aliphatic carbocycles. The molecule has 0 amide bonds.